The quantitative estimate of drug-likeness (QED) is 0.163. The van der Waals surface area contributed by atoms with Crippen molar-refractivity contribution in [1.29, 1.82) is 0 Å². The van der Waals surface area contributed by atoms with Gasteiger partial charge in [0.05, 0.1) is 15.7 Å². The van der Waals surface area contributed by atoms with Crippen molar-refractivity contribution in [3.8, 4) is 39.1 Å². The lowest BCUT2D eigenvalue weighted by atomic mass is 9.82. The number of fused-ring (bicyclic) bond motifs is 10. The molecule has 12 rings (SSSR count). The molecule has 9 aromatic carbocycles. The Bertz CT molecular complexity index is 3340. The molecule has 1 aliphatic rings. The summed E-state index contributed by atoms with van der Waals surface area (Å²) in [5, 5.41) is 5.22. The van der Waals surface area contributed by atoms with Crippen LogP contribution in [0.1, 0.15) is 25.0 Å². The molecule has 11 aromatic rings. The summed E-state index contributed by atoms with van der Waals surface area (Å²) in [6, 6.07) is 75.8. The molecule has 0 saturated heterocycles. The van der Waals surface area contributed by atoms with E-state index in [1.54, 1.807) is 0 Å². The van der Waals surface area contributed by atoms with E-state index in [0.717, 1.165) is 17.1 Å². The second-order valence-corrected chi connectivity index (χ2v) is 17.6. The average Bonchev–Trinajstić information content (AvgIpc) is 3.92. The lowest BCUT2D eigenvalue weighted by molar-refractivity contribution is 0.660. The van der Waals surface area contributed by atoms with Crippen molar-refractivity contribution >= 4 is 70.4 Å². The maximum Gasteiger partial charge on any atom is 0.0734 e. The normalized spacial score (nSPS) is 13.0. The van der Waals surface area contributed by atoms with Crippen molar-refractivity contribution in [1.82, 2.24) is 4.57 Å². The van der Waals surface area contributed by atoms with Crippen LogP contribution in [0.2, 0.25) is 0 Å². The van der Waals surface area contributed by atoms with Crippen molar-refractivity contribution < 1.29 is 0 Å². The third-order valence-electron chi connectivity index (χ3n) is 12.8. The maximum absolute atomic E-state index is 2.53. The molecule has 0 N–H and O–H groups in total. The summed E-state index contributed by atoms with van der Waals surface area (Å²) >= 11 is 1.91. The highest BCUT2D eigenvalue weighted by Crippen LogP contribution is 2.52. The highest BCUT2D eigenvalue weighted by atomic mass is 32.1. The molecule has 0 saturated carbocycles. The molecule has 0 fully saturated rings. The number of aromatic nitrogens is 1. The molecule has 60 heavy (non-hydrogen) atoms. The largest absolute Gasteiger partial charge is 0.310 e. The summed E-state index contributed by atoms with van der Waals surface area (Å²) in [5.41, 5.74) is 17.1. The van der Waals surface area contributed by atoms with E-state index >= 15 is 0 Å². The Morgan fingerprint density at radius 3 is 1.65 bits per heavy atom. The maximum atomic E-state index is 2.53. The molecule has 0 aliphatic heterocycles. The SMILES string of the molecule is CC1(C)c2cc(N(c3ccc(-c4ccccc4)cc3)c3ccc(-c4ccccc4)cc3)ccc2-c2ccc(-n3c4ccccc4c4sc5ccc6ccccc6c5c43)cc21. The number of anilines is 3. The van der Waals surface area contributed by atoms with Crippen molar-refractivity contribution in [3.05, 3.63) is 217 Å². The summed E-state index contributed by atoms with van der Waals surface area (Å²) in [7, 11) is 0. The molecular formula is C57H40N2S. The van der Waals surface area contributed by atoms with Crippen LogP contribution in [0.3, 0.4) is 0 Å². The van der Waals surface area contributed by atoms with Gasteiger partial charge in [-0.2, -0.15) is 0 Å². The number of para-hydroxylation sites is 1. The molecule has 0 radical (unpaired) electrons. The Hall–Kier alpha value is -7.20. The summed E-state index contributed by atoms with van der Waals surface area (Å²) in [4.78, 5) is 2.41. The van der Waals surface area contributed by atoms with Gasteiger partial charge in [-0.3, -0.25) is 0 Å². The summed E-state index contributed by atoms with van der Waals surface area (Å²) in [6.45, 7) is 4.80. The van der Waals surface area contributed by atoms with Gasteiger partial charge < -0.3 is 9.47 Å². The second-order valence-electron chi connectivity index (χ2n) is 16.5. The topological polar surface area (TPSA) is 8.17 Å². The fraction of sp³-hybridized carbons (Fsp3) is 0.0526. The van der Waals surface area contributed by atoms with E-state index in [9.17, 15) is 0 Å². The lowest BCUT2D eigenvalue weighted by Gasteiger charge is -2.28. The Labute approximate surface area is 353 Å². The van der Waals surface area contributed by atoms with Gasteiger partial charge in [-0.05, 0) is 116 Å². The molecule has 0 atom stereocenters. The van der Waals surface area contributed by atoms with E-state index in [1.807, 2.05) is 11.3 Å². The van der Waals surface area contributed by atoms with Crippen LogP contribution in [-0.4, -0.2) is 4.57 Å². The lowest BCUT2D eigenvalue weighted by Crippen LogP contribution is -2.17. The Morgan fingerprint density at radius 1 is 0.450 bits per heavy atom. The van der Waals surface area contributed by atoms with Gasteiger partial charge in [0.1, 0.15) is 0 Å². The molecule has 284 valence electrons. The molecule has 0 bridgehead atoms. The number of thiophene rings is 1. The molecule has 2 aromatic heterocycles. The number of rotatable bonds is 6. The van der Waals surface area contributed by atoms with Gasteiger partial charge in [-0.25, -0.2) is 0 Å². The Kier molecular flexibility index (Phi) is 7.79. The van der Waals surface area contributed by atoms with Crippen LogP contribution in [0.4, 0.5) is 17.1 Å². The van der Waals surface area contributed by atoms with Crippen LogP contribution in [0.5, 0.6) is 0 Å². The molecule has 3 heteroatoms. The number of nitrogens with zero attached hydrogens (tertiary/aromatic N) is 2. The smallest absolute Gasteiger partial charge is 0.0734 e. The van der Waals surface area contributed by atoms with Gasteiger partial charge in [-0.15, -0.1) is 11.3 Å². The van der Waals surface area contributed by atoms with Crippen molar-refractivity contribution in [2.75, 3.05) is 4.90 Å². The van der Waals surface area contributed by atoms with Gasteiger partial charge >= 0.3 is 0 Å². The molecule has 1 aliphatic carbocycles. The summed E-state index contributed by atoms with van der Waals surface area (Å²) in [6.07, 6.45) is 0. The minimum Gasteiger partial charge on any atom is -0.310 e. The number of hydrogen-bond donors (Lipinski definition) is 0. The number of hydrogen-bond acceptors (Lipinski definition) is 2. The van der Waals surface area contributed by atoms with Crippen LogP contribution in [0.25, 0.3) is 81.0 Å². The predicted octanol–water partition coefficient (Wildman–Crippen LogP) is 16.3. The van der Waals surface area contributed by atoms with Gasteiger partial charge in [0, 0.05) is 43.6 Å². The van der Waals surface area contributed by atoms with Crippen molar-refractivity contribution in [2.45, 2.75) is 19.3 Å². The first-order valence-electron chi connectivity index (χ1n) is 20.8. The van der Waals surface area contributed by atoms with Gasteiger partial charge in [0.2, 0.25) is 0 Å². The van der Waals surface area contributed by atoms with E-state index in [4.69, 9.17) is 0 Å². The van der Waals surface area contributed by atoms with Gasteiger partial charge in [0.15, 0.2) is 0 Å². The third-order valence-corrected chi connectivity index (χ3v) is 14.0. The fourth-order valence-electron chi connectivity index (χ4n) is 9.80. The summed E-state index contributed by atoms with van der Waals surface area (Å²) < 4.78 is 5.20. The van der Waals surface area contributed by atoms with Crippen LogP contribution < -0.4 is 4.90 Å². The zero-order valence-corrected chi connectivity index (χ0v) is 34.2. The van der Waals surface area contributed by atoms with E-state index in [-0.39, 0.29) is 5.41 Å². The van der Waals surface area contributed by atoms with E-state index < -0.39 is 0 Å². The first-order valence-corrected chi connectivity index (χ1v) is 21.6. The second kappa shape index (κ2) is 13.4. The first-order chi connectivity index (χ1) is 29.5. The molecule has 2 heterocycles. The third kappa shape index (κ3) is 5.33. The Morgan fingerprint density at radius 2 is 0.983 bits per heavy atom. The molecule has 2 nitrogen and oxygen atoms in total. The zero-order chi connectivity index (χ0) is 40.0. The molecule has 0 spiro atoms. The fourth-order valence-corrected chi connectivity index (χ4v) is 11.0. The van der Waals surface area contributed by atoms with Gasteiger partial charge in [-0.1, -0.05) is 159 Å². The van der Waals surface area contributed by atoms with Crippen LogP contribution >= 0.6 is 11.3 Å². The van der Waals surface area contributed by atoms with E-state index in [1.165, 1.54) is 92.2 Å². The van der Waals surface area contributed by atoms with Crippen LogP contribution in [-0.2, 0) is 5.41 Å². The standard InChI is InChI=1S/C57H40N2S/c1-57(2)50-35-44(58(42-26-21-39(22-27-42)37-13-5-3-6-14-37)43-28-23-40(24-29-43)38-15-7-4-8-16-38)30-32-47(50)48-33-31-45(36-51(48)57)59-52-20-12-11-19-49(52)56-55(59)54-46-18-10-9-17-41(46)25-34-53(54)60-56/h3-36H,1-2H3. The van der Waals surface area contributed by atoms with Crippen LogP contribution in [0, 0.1) is 0 Å². The molecule has 0 amide bonds. The zero-order valence-electron chi connectivity index (χ0n) is 33.4. The van der Waals surface area contributed by atoms with Crippen LogP contribution in [0.15, 0.2) is 206 Å². The minimum atomic E-state index is -0.234. The Balaban J connectivity index is 0.991. The van der Waals surface area contributed by atoms with Crippen molar-refractivity contribution in [3.63, 3.8) is 0 Å². The number of benzene rings is 9. The predicted molar refractivity (Wildman–Crippen MR) is 257 cm³/mol. The monoisotopic (exact) mass is 784 g/mol. The average molecular weight is 785 g/mol. The highest BCUT2D eigenvalue weighted by Gasteiger charge is 2.37. The van der Waals surface area contributed by atoms with Gasteiger partial charge in [0.25, 0.3) is 0 Å². The molecular weight excluding hydrogens is 745 g/mol. The molecule has 0 unspecified atom stereocenters. The summed E-state index contributed by atoms with van der Waals surface area (Å²) in [5.74, 6) is 0. The van der Waals surface area contributed by atoms with Crippen molar-refractivity contribution in [2.24, 2.45) is 0 Å². The van der Waals surface area contributed by atoms with E-state index in [0.29, 0.717) is 0 Å². The minimum absolute atomic E-state index is 0.234. The van der Waals surface area contributed by atoms with E-state index in [2.05, 4.69) is 230 Å². The first kappa shape index (κ1) is 34.8. The highest BCUT2D eigenvalue weighted by molar-refractivity contribution is 7.27.